The summed E-state index contributed by atoms with van der Waals surface area (Å²) in [5, 5.41) is 0. The Labute approximate surface area is 105 Å². The Morgan fingerprint density at radius 2 is 2.25 bits per heavy atom. The van der Waals surface area contributed by atoms with Crippen LogP contribution in [-0.2, 0) is 6.42 Å². The zero-order valence-electron chi connectivity index (χ0n) is 9.58. The predicted octanol–water partition coefficient (Wildman–Crippen LogP) is 4.25. The molecule has 2 unspecified atom stereocenters. The second-order valence-corrected chi connectivity index (χ2v) is 6.25. The molecule has 0 N–H and O–H groups in total. The second-order valence-electron chi connectivity index (χ2n) is 5.15. The van der Waals surface area contributed by atoms with Crippen molar-refractivity contribution in [1.82, 2.24) is 0 Å². The van der Waals surface area contributed by atoms with Gasteiger partial charge in [0.25, 0.3) is 0 Å². The van der Waals surface area contributed by atoms with E-state index < -0.39 is 0 Å². The number of rotatable bonds is 3. The fourth-order valence-corrected chi connectivity index (χ4v) is 3.23. The van der Waals surface area contributed by atoms with Crippen molar-refractivity contribution < 1.29 is 4.74 Å². The number of ether oxygens (including phenoxy) is 1. The van der Waals surface area contributed by atoms with Crippen LogP contribution in [0.4, 0.5) is 0 Å². The fraction of sp³-hybridized carbons (Fsp3) is 0.571. The van der Waals surface area contributed by atoms with Crippen molar-refractivity contribution in [3.8, 4) is 5.75 Å². The first kappa shape index (κ1) is 10.6. The molecule has 1 fully saturated rings. The van der Waals surface area contributed by atoms with Crippen molar-refractivity contribution in [3.63, 3.8) is 0 Å². The first-order valence-electron chi connectivity index (χ1n) is 6.16. The summed E-state index contributed by atoms with van der Waals surface area (Å²) < 4.78 is 5.72. The second kappa shape index (κ2) is 4.06. The number of halogens is 1. The van der Waals surface area contributed by atoms with Crippen LogP contribution >= 0.6 is 15.9 Å². The van der Waals surface area contributed by atoms with E-state index in [4.69, 9.17) is 4.74 Å². The van der Waals surface area contributed by atoms with E-state index in [0.29, 0.717) is 10.9 Å². The summed E-state index contributed by atoms with van der Waals surface area (Å²) >= 11 is 3.81. The lowest BCUT2D eigenvalue weighted by Gasteiger charge is -2.10. The summed E-state index contributed by atoms with van der Waals surface area (Å²) in [6, 6.07) is 6.66. The SMILES string of the molecule is CC1Cc2cc(C(Br)CC3CC3)ccc2O1. The van der Waals surface area contributed by atoms with E-state index in [9.17, 15) is 0 Å². The van der Waals surface area contributed by atoms with Gasteiger partial charge in [-0.2, -0.15) is 0 Å². The van der Waals surface area contributed by atoms with Crippen molar-refractivity contribution in [2.24, 2.45) is 5.92 Å². The number of hydrogen-bond donors (Lipinski definition) is 0. The zero-order valence-corrected chi connectivity index (χ0v) is 11.2. The van der Waals surface area contributed by atoms with E-state index in [2.05, 4.69) is 41.1 Å². The van der Waals surface area contributed by atoms with Crippen LogP contribution in [0, 0.1) is 5.92 Å². The van der Waals surface area contributed by atoms with E-state index in [1.807, 2.05) is 0 Å². The predicted molar refractivity (Wildman–Crippen MR) is 69.2 cm³/mol. The molecule has 0 radical (unpaired) electrons. The van der Waals surface area contributed by atoms with Gasteiger partial charge in [0.15, 0.2) is 0 Å². The molecule has 0 spiro atoms. The molecule has 1 aliphatic carbocycles. The van der Waals surface area contributed by atoms with E-state index in [0.717, 1.165) is 18.1 Å². The van der Waals surface area contributed by atoms with E-state index >= 15 is 0 Å². The summed E-state index contributed by atoms with van der Waals surface area (Å²) in [5.41, 5.74) is 2.80. The molecule has 2 aliphatic rings. The van der Waals surface area contributed by atoms with Gasteiger partial charge in [0, 0.05) is 11.2 Å². The minimum absolute atomic E-state index is 0.349. The molecule has 1 aromatic rings. The van der Waals surface area contributed by atoms with Crippen molar-refractivity contribution in [2.45, 2.75) is 43.5 Å². The van der Waals surface area contributed by atoms with Gasteiger partial charge in [0.1, 0.15) is 11.9 Å². The van der Waals surface area contributed by atoms with Crippen molar-refractivity contribution in [1.29, 1.82) is 0 Å². The minimum Gasteiger partial charge on any atom is -0.490 e. The summed E-state index contributed by atoms with van der Waals surface area (Å²) in [7, 11) is 0. The van der Waals surface area contributed by atoms with E-state index in [-0.39, 0.29) is 0 Å². The van der Waals surface area contributed by atoms with E-state index in [1.165, 1.54) is 30.4 Å². The number of alkyl halides is 1. The van der Waals surface area contributed by atoms with Crippen LogP contribution in [0.5, 0.6) is 5.75 Å². The Hall–Kier alpha value is -0.500. The van der Waals surface area contributed by atoms with Crippen LogP contribution < -0.4 is 4.74 Å². The molecule has 16 heavy (non-hydrogen) atoms. The summed E-state index contributed by atoms with van der Waals surface area (Å²) in [4.78, 5) is 0.529. The van der Waals surface area contributed by atoms with Gasteiger partial charge in [-0.3, -0.25) is 0 Å². The highest BCUT2D eigenvalue weighted by molar-refractivity contribution is 9.09. The first-order valence-corrected chi connectivity index (χ1v) is 7.07. The molecular weight excluding hydrogens is 264 g/mol. The normalized spacial score (nSPS) is 25.0. The third-order valence-electron chi connectivity index (χ3n) is 3.52. The molecule has 0 bridgehead atoms. The van der Waals surface area contributed by atoms with E-state index in [1.54, 1.807) is 0 Å². The molecule has 3 rings (SSSR count). The number of benzene rings is 1. The average molecular weight is 281 g/mol. The van der Waals surface area contributed by atoms with Gasteiger partial charge in [-0.1, -0.05) is 40.9 Å². The monoisotopic (exact) mass is 280 g/mol. The Morgan fingerprint density at radius 1 is 1.44 bits per heavy atom. The molecule has 86 valence electrons. The maximum atomic E-state index is 5.72. The Bertz CT molecular complexity index is 398. The molecule has 1 aromatic carbocycles. The molecule has 0 amide bonds. The highest BCUT2D eigenvalue weighted by Gasteiger charge is 2.26. The van der Waals surface area contributed by atoms with Crippen LogP contribution in [0.3, 0.4) is 0 Å². The topological polar surface area (TPSA) is 9.23 Å². The standard InChI is InChI=1S/C14H17BrO/c1-9-6-12-8-11(4-5-14(12)16-9)13(15)7-10-2-3-10/h4-5,8-10,13H,2-3,6-7H2,1H3. The van der Waals surface area contributed by atoms with Crippen LogP contribution in [0.2, 0.25) is 0 Å². The van der Waals surface area contributed by atoms with Gasteiger partial charge in [-0.25, -0.2) is 0 Å². The summed E-state index contributed by atoms with van der Waals surface area (Å²) in [6.07, 6.45) is 5.55. The van der Waals surface area contributed by atoms with Crippen molar-refractivity contribution >= 4 is 15.9 Å². The quantitative estimate of drug-likeness (QED) is 0.753. The minimum atomic E-state index is 0.349. The largest absolute Gasteiger partial charge is 0.490 e. The van der Waals surface area contributed by atoms with Gasteiger partial charge in [-0.15, -0.1) is 0 Å². The molecule has 1 nitrogen and oxygen atoms in total. The number of fused-ring (bicyclic) bond motifs is 1. The molecule has 1 heterocycles. The molecule has 0 saturated heterocycles. The lowest BCUT2D eigenvalue weighted by atomic mass is 10.0. The smallest absolute Gasteiger partial charge is 0.123 e. The van der Waals surface area contributed by atoms with Gasteiger partial charge in [0.05, 0.1) is 0 Å². The third kappa shape index (κ3) is 2.13. The van der Waals surface area contributed by atoms with Crippen molar-refractivity contribution in [3.05, 3.63) is 29.3 Å². The Kier molecular flexibility index (Phi) is 2.70. The third-order valence-corrected chi connectivity index (χ3v) is 4.42. The fourth-order valence-electron chi connectivity index (χ4n) is 2.42. The number of hydrogen-bond acceptors (Lipinski definition) is 1. The first-order chi connectivity index (χ1) is 7.72. The molecule has 0 aromatic heterocycles. The lowest BCUT2D eigenvalue weighted by molar-refractivity contribution is 0.254. The zero-order chi connectivity index (χ0) is 11.1. The maximum Gasteiger partial charge on any atom is 0.123 e. The van der Waals surface area contributed by atoms with Crippen LogP contribution in [0.15, 0.2) is 18.2 Å². The Balaban J connectivity index is 1.78. The molecule has 1 aliphatic heterocycles. The average Bonchev–Trinajstić information content (AvgIpc) is 2.96. The van der Waals surface area contributed by atoms with Gasteiger partial charge in [-0.05, 0) is 36.5 Å². The summed E-state index contributed by atoms with van der Waals surface area (Å²) in [6.45, 7) is 2.13. The lowest BCUT2D eigenvalue weighted by Crippen LogP contribution is -2.05. The van der Waals surface area contributed by atoms with Crippen LogP contribution in [-0.4, -0.2) is 6.10 Å². The van der Waals surface area contributed by atoms with Crippen molar-refractivity contribution in [2.75, 3.05) is 0 Å². The van der Waals surface area contributed by atoms with Gasteiger partial charge in [0.2, 0.25) is 0 Å². The Morgan fingerprint density at radius 3 is 3.00 bits per heavy atom. The highest BCUT2D eigenvalue weighted by atomic mass is 79.9. The van der Waals surface area contributed by atoms with Gasteiger partial charge >= 0.3 is 0 Å². The highest BCUT2D eigenvalue weighted by Crippen LogP contribution is 2.42. The summed E-state index contributed by atoms with van der Waals surface area (Å²) in [5.74, 6) is 2.05. The van der Waals surface area contributed by atoms with Gasteiger partial charge < -0.3 is 4.74 Å². The maximum absolute atomic E-state index is 5.72. The molecule has 1 saturated carbocycles. The van der Waals surface area contributed by atoms with Crippen LogP contribution in [0.1, 0.15) is 42.1 Å². The molecule has 2 heteroatoms. The molecular formula is C14H17BrO. The molecule has 2 atom stereocenters. The van der Waals surface area contributed by atoms with Crippen LogP contribution in [0.25, 0.3) is 0 Å².